The van der Waals surface area contributed by atoms with Gasteiger partial charge in [-0.15, -0.1) is 5.10 Å². The van der Waals surface area contributed by atoms with Crippen molar-refractivity contribution < 1.29 is 23.4 Å². The standard InChI is InChI=1S/C23H24N6O5/c1-13-16(26-23(34-13)15-7-5-6-8-17(15)31-2)12-29-21(24)20(27-28-29)22(30)25-14-9-10-18(32-3)19(11-14)33-4/h5-11H,12,24H2,1-4H3,(H,25,30). The zero-order chi connectivity index (χ0) is 24.2. The number of nitrogens with zero attached hydrogens (tertiary/aromatic N) is 4. The van der Waals surface area contributed by atoms with E-state index in [0.29, 0.717) is 40.3 Å². The third-order valence-corrected chi connectivity index (χ3v) is 5.16. The molecule has 0 radical (unpaired) electrons. The van der Waals surface area contributed by atoms with Gasteiger partial charge in [0.1, 0.15) is 17.2 Å². The van der Waals surface area contributed by atoms with Crippen molar-refractivity contribution >= 4 is 17.4 Å². The first-order chi connectivity index (χ1) is 16.4. The summed E-state index contributed by atoms with van der Waals surface area (Å²) in [5.74, 6) is 2.25. The van der Waals surface area contributed by atoms with E-state index in [1.807, 2.05) is 24.3 Å². The molecule has 2 heterocycles. The highest BCUT2D eigenvalue weighted by Crippen LogP contribution is 2.31. The van der Waals surface area contributed by atoms with Crippen molar-refractivity contribution in [2.75, 3.05) is 32.4 Å². The molecule has 0 fully saturated rings. The molecule has 11 nitrogen and oxygen atoms in total. The topological polar surface area (TPSA) is 140 Å². The number of nitrogens with two attached hydrogens (primary N) is 1. The maximum atomic E-state index is 12.8. The van der Waals surface area contributed by atoms with Crippen LogP contribution < -0.4 is 25.3 Å². The molecule has 1 amide bonds. The number of benzene rings is 2. The first-order valence-corrected chi connectivity index (χ1v) is 10.3. The van der Waals surface area contributed by atoms with Crippen LogP contribution in [0.15, 0.2) is 46.9 Å². The van der Waals surface area contributed by atoms with E-state index in [2.05, 4.69) is 20.6 Å². The van der Waals surface area contributed by atoms with Crippen LogP contribution in [-0.2, 0) is 6.54 Å². The van der Waals surface area contributed by atoms with E-state index in [9.17, 15) is 4.79 Å². The van der Waals surface area contributed by atoms with Crippen molar-refractivity contribution in [2.45, 2.75) is 13.5 Å². The smallest absolute Gasteiger partial charge is 0.280 e. The molecular formula is C23H24N6O5. The minimum atomic E-state index is -0.512. The lowest BCUT2D eigenvalue weighted by atomic mass is 10.2. The minimum absolute atomic E-state index is 0.0131. The highest BCUT2D eigenvalue weighted by atomic mass is 16.5. The molecule has 0 unspecified atom stereocenters. The van der Waals surface area contributed by atoms with Crippen molar-refractivity contribution in [3.05, 3.63) is 59.6 Å². The maximum Gasteiger partial charge on any atom is 0.280 e. The number of aromatic nitrogens is 4. The molecule has 3 N–H and O–H groups in total. The number of anilines is 2. The van der Waals surface area contributed by atoms with Crippen LogP contribution in [0.3, 0.4) is 0 Å². The fourth-order valence-electron chi connectivity index (χ4n) is 3.36. The number of nitrogen functional groups attached to an aromatic ring is 1. The van der Waals surface area contributed by atoms with Gasteiger partial charge in [-0.05, 0) is 31.2 Å². The minimum Gasteiger partial charge on any atom is -0.496 e. The number of amides is 1. The van der Waals surface area contributed by atoms with E-state index in [-0.39, 0.29) is 18.1 Å². The van der Waals surface area contributed by atoms with Gasteiger partial charge in [0.2, 0.25) is 5.89 Å². The Bertz CT molecular complexity index is 1330. The molecule has 0 spiro atoms. The fraction of sp³-hybridized carbons (Fsp3) is 0.217. The summed E-state index contributed by atoms with van der Waals surface area (Å²) in [5, 5.41) is 10.7. The Kier molecular flexibility index (Phi) is 6.35. The molecule has 4 aromatic rings. The van der Waals surface area contributed by atoms with Crippen LogP contribution in [0, 0.1) is 6.92 Å². The molecule has 0 aliphatic carbocycles. The number of hydrogen-bond acceptors (Lipinski definition) is 9. The van der Waals surface area contributed by atoms with Gasteiger partial charge in [0.05, 0.1) is 33.4 Å². The maximum absolute atomic E-state index is 12.8. The molecule has 0 atom stereocenters. The zero-order valence-electron chi connectivity index (χ0n) is 19.2. The highest BCUT2D eigenvalue weighted by Gasteiger charge is 2.21. The third-order valence-electron chi connectivity index (χ3n) is 5.16. The molecule has 2 aromatic carbocycles. The monoisotopic (exact) mass is 464 g/mol. The van der Waals surface area contributed by atoms with Gasteiger partial charge in [0, 0.05) is 11.8 Å². The van der Waals surface area contributed by atoms with Crippen molar-refractivity contribution in [3.8, 4) is 28.7 Å². The van der Waals surface area contributed by atoms with Gasteiger partial charge in [-0.25, -0.2) is 9.67 Å². The first-order valence-electron chi connectivity index (χ1n) is 10.3. The summed E-state index contributed by atoms with van der Waals surface area (Å²) >= 11 is 0. The number of carbonyl (C=O) groups is 1. The van der Waals surface area contributed by atoms with E-state index in [0.717, 1.165) is 5.56 Å². The van der Waals surface area contributed by atoms with Crippen molar-refractivity contribution in [2.24, 2.45) is 0 Å². The molecule has 0 saturated heterocycles. The first kappa shape index (κ1) is 22.6. The summed E-state index contributed by atoms with van der Waals surface area (Å²) in [6.07, 6.45) is 0. The SMILES string of the molecule is COc1ccc(NC(=O)c2nnn(Cc3nc(-c4ccccc4OC)oc3C)c2N)cc1OC. The Morgan fingerprint density at radius 2 is 1.79 bits per heavy atom. The Morgan fingerprint density at radius 1 is 1.06 bits per heavy atom. The zero-order valence-corrected chi connectivity index (χ0v) is 19.2. The predicted octanol–water partition coefficient (Wildman–Crippen LogP) is 3.15. The summed E-state index contributed by atoms with van der Waals surface area (Å²) in [4.78, 5) is 17.3. The average Bonchev–Trinajstić information content (AvgIpc) is 3.41. The Labute approximate surface area is 195 Å². The molecule has 2 aromatic heterocycles. The molecule has 34 heavy (non-hydrogen) atoms. The lowest BCUT2D eigenvalue weighted by Crippen LogP contribution is -2.15. The summed E-state index contributed by atoms with van der Waals surface area (Å²) in [5.41, 5.74) is 7.98. The van der Waals surface area contributed by atoms with Gasteiger partial charge in [0.15, 0.2) is 23.0 Å². The predicted molar refractivity (Wildman–Crippen MR) is 124 cm³/mol. The number of carbonyl (C=O) groups excluding carboxylic acids is 1. The summed E-state index contributed by atoms with van der Waals surface area (Å²) in [7, 11) is 4.63. The Hall–Kier alpha value is -4.54. The number of nitrogens with one attached hydrogen (secondary N) is 1. The number of hydrogen-bond donors (Lipinski definition) is 2. The number of para-hydroxylation sites is 1. The number of ether oxygens (including phenoxy) is 3. The third kappa shape index (κ3) is 4.35. The van der Waals surface area contributed by atoms with Gasteiger partial charge in [-0.3, -0.25) is 4.79 Å². The van der Waals surface area contributed by atoms with E-state index >= 15 is 0 Å². The molecule has 0 aliphatic rings. The average molecular weight is 464 g/mol. The van der Waals surface area contributed by atoms with E-state index in [4.69, 9.17) is 24.4 Å². The van der Waals surface area contributed by atoms with Crippen LogP contribution in [-0.4, -0.2) is 47.2 Å². The molecule has 4 rings (SSSR count). The molecule has 11 heteroatoms. The van der Waals surface area contributed by atoms with Crippen LogP contribution in [0.1, 0.15) is 21.9 Å². The quantitative estimate of drug-likeness (QED) is 0.402. The van der Waals surface area contributed by atoms with Gasteiger partial charge in [0.25, 0.3) is 5.91 Å². The van der Waals surface area contributed by atoms with Crippen molar-refractivity contribution in [1.29, 1.82) is 0 Å². The molecule has 176 valence electrons. The number of aryl methyl sites for hydroxylation is 1. The van der Waals surface area contributed by atoms with Crippen LogP contribution in [0.5, 0.6) is 17.2 Å². The summed E-state index contributed by atoms with van der Waals surface area (Å²) in [6, 6.07) is 12.4. The van der Waals surface area contributed by atoms with Crippen LogP contribution in [0.25, 0.3) is 11.5 Å². The lowest BCUT2D eigenvalue weighted by molar-refractivity contribution is 0.102. The molecule has 0 aliphatic heterocycles. The number of rotatable bonds is 8. The fourth-order valence-corrected chi connectivity index (χ4v) is 3.36. The molecule has 0 bridgehead atoms. The summed E-state index contributed by atoms with van der Waals surface area (Å²) in [6.45, 7) is 1.96. The van der Waals surface area contributed by atoms with Crippen molar-refractivity contribution in [3.63, 3.8) is 0 Å². The van der Waals surface area contributed by atoms with Crippen LogP contribution in [0.2, 0.25) is 0 Å². The van der Waals surface area contributed by atoms with Gasteiger partial charge in [-0.1, -0.05) is 17.3 Å². The van der Waals surface area contributed by atoms with E-state index in [1.54, 1.807) is 32.2 Å². The number of methoxy groups -OCH3 is 3. The number of oxazole rings is 1. The molecule has 0 saturated carbocycles. The normalized spacial score (nSPS) is 10.7. The van der Waals surface area contributed by atoms with Crippen LogP contribution >= 0.6 is 0 Å². The van der Waals surface area contributed by atoms with E-state index in [1.165, 1.54) is 18.9 Å². The van der Waals surface area contributed by atoms with Gasteiger partial charge in [-0.2, -0.15) is 0 Å². The summed E-state index contributed by atoms with van der Waals surface area (Å²) < 4.78 is 23.1. The largest absolute Gasteiger partial charge is 0.496 e. The second-order valence-electron chi connectivity index (χ2n) is 7.23. The van der Waals surface area contributed by atoms with E-state index < -0.39 is 5.91 Å². The molecular weight excluding hydrogens is 440 g/mol. The Balaban J connectivity index is 1.53. The van der Waals surface area contributed by atoms with Crippen molar-refractivity contribution in [1.82, 2.24) is 20.0 Å². The second-order valence-corrected chi connectivity index (χ2v) is 7.23. The van der Waals surface area contributed by atoms with Gasteiger partial charge >= 0.3 is 0 Å². The Morgan fingerprint density at radius 3 is 2.53 bits per heavy atom. The highest BCUT2D eigenvalue weighted by molar-refractivity contribution is 6.05. The second kappa shape index (κ2) is 9.53. The lowest BCUT2D eigenvalue weighted by Gasteiger charge is -2.10. The van der Waals surface area contributed by atoms with Crippen LogP contribution in [0.4, 0.5) is 11.5 Å². The van der Waals surface area contributed by atoms with Gasteiger partial charge < -0.3 is 29.7 Å².